The zero-order valence-electron chi connectivity index (χ0n) is 12.8. The van der Waals surface area contributed by atoms with Crippen molar-refractivity contribution in [3.05, 3.63) is 22.2 Å². The molecule has 0 atom stereocenters. The molecule has 0 aliphatic heterocycles. The van der Waals surface area contributed by atoms with Gasteiger partial charge in [0, 0.05) is 12.0 Å². The van der Waals surface area contributed by atoms with E-state index >= 15 is 0 Å². The van der Waals surface area contributed by atoms with Crippen molar-refractivity contribution in [2.24, 2.45) is 5.92 Å². The summed E-state index contributed by atoms with van der Waals surface area (Å²) in [5.41, 5.74) is -0.0694. The SMILES string of the molecule is COc1cc(NC(=O)C2CCCCC2)c([N+](=O)[O-])cc1OC. The Morgan fingerprint density at radius 2 is 1.77 bits per heavy atom. The van der Waals surface area contributed by atoms with Gasteiger partial charge in [-0.1, -0.05) is 19.3 Å². The van der Waals surface area contributed by atoms with Gasteiger partial charge in [-0.15, -0.1) is 0 Å². The Labute approximate surface area is 128 Å². The predicted octanol–water partition coefficient (Wildman–Crippen LogP) is 3.13. The van der Waals surface area contributed by atoms with Crippen LogP contribution in [-0.4, -0.2) is 25.1 Å². The first kappa shape index (κ1) is 16.1. The molecule has 0 saturated heterocycles. The van der Waals surface area contributed by atoms with E-state index in [1.165, 1.54) is 26.4 Å². The van der Waals surface area contributed by atoms with Crippen LogP contribution in [0, 0.1) is 16.0 Å². The van der Waals surface area contributed by atoms with Gasteiger partial charge in [0.1, 0.15) is 5.69 Å². The van der Waals surface area contributed by atoms with Crippen molar-refractivity contribution < 1.29 is 19.2 Å². The monoisotopic (exact) mass is 308 g/mol. The Hall–Kier alpha value is -2.31. The van der Waals surface area contributed by atoms with Gasteiger partial charge in [-0.2, -0.15) is 0 Å². The fourth-order valence-electron chi connectivity index (χ4n) is 2.72. The second-order valence-electron chi connectivity index (χ2n) is 5.31. The number of nitrogens with one attached hydrogen (secondary N) is 1. The number of carbonyl (C=O) groups excluding carboxylic acids is 1. The molecule has 2 rings (SSSR count). The molecule has 120 valence electrons. The summed E-state index contributed by atoms with van der Waals surface area (Å²) in [6.07, 6.45) is 4.83. The number of nitrogens with zero attached hydrogens (tertiary/aromatic N) is 1. The fraction of sp³-hybridized carbons (Fsp3) is 0.533. The van der Waals surface area contributed by atoms with E-state index in [-0.39, 0.29) is 28.9 Å². The van der Waals surface area contributed by atoms with Crippen molar-refractivity contribution in [1.29, 1.82) is 0 Å². The Morgan fingerprint density at radius 1 is 1.18 bits per heavy atom. The van der Waals surface area contributed by atoms with Crippen LogP contribution in [0.25, 0.3) is 0 Å². The lowest BCUT2D eigenvalue weighted by atomic mass is 9.88. The standard InChI is InChI=1S/C15H20N2O5/c1-21-13-8-11(12(17(19)20)9-14(13)22-2)16-15(18)10-6-4-3-5-7-10/h8-10H,3-7H2,1-2H3,(H,16,18). The molecule has 7 nitrogen and oxygen atoms in total. The molecule has 1 saturated carbocycles. The van der Waals surface area contributed by atoms with Gasteiger partial charge < -0.3 is 14.8 Å². The first-order valence-corrected chi connectivity index (χ1v) is 7.28. The molecule has 22 heavy (non-hydrogen) atoms. The number of methoxy groups -OCH3 is 2. The minimum Gasteiger partial charge on any atom is -0.493 e. The van der Waals surface area contributed by atoms with Gasteiger partial charge >= 0.3 is 0 Å². The van der Waals surface area contributed by atoms with Gasteiger partial charge in [0.15, 0.2) is 11.5 Å². The molecule has 1 aliphatic carbocycles. The minimum absolute atomic E-state index is 0.0820. The van der Waals surface area contributed by atoms with E-state index in [0.29, 0.717) is 5.75 Å². The van der Waals surface area contributed by atoms with Crippen molar-refractivity contribution in [3.63, 3.8) is 0 Å². The third-order valence-corrected chi connectivity index (χ3v) is 3.93. The summed E-state index contributed by atoms with van der Waals surface area (Å²) in [5.74, 6) is 0.341. The quantitative estimate of drug-likeness (QED) is 0.666. The van der Waals surface area contributed by atoms with Crippen molar-refractivity contribution in [1.82, 2.24) is 0 Å². The molecule has 1 amide bonds. The van der Waals surface area contributed by atoms with E-state index in [0.717, 1.165) is 32.1 Å². The first-order chi connectivity index (χ1) is 10.6. The van der Waals surface area contributed by atoms with Crippen molar-refractivity contribution in [2.75, 3.05) is 19.5 Å². The first-order valence-electron chi connectivity index (χ1n) is 7.28. The molecule has 1 fully saturated rings. The molecule has 7 heteroatoms. The molecule has 0 heterocycles. The third-order valence-electron chi connectivity index (χ3n) is 3.93. The molecule has 0 bridgehead atoms. The van der Waals surface area contributed by atoms with Gasteiger partial charge in [0.05, 0.1) is 25.2 Å². The van der Waals surface area contributed by atoms with E-state index < -0.39 is 4.92 Å². The largest absolute Gasteiger partial charge is 0.493 e. The number of carbonyl (C=O) groups is 1. The Bertz CT molecular complexity index is 567. The summed E-state index contributed by atoms with van der Waals surface area (Å²) in [6, 6.07) is 2.69. The maximum Gasteiger partial charge on any atom is 0.296 e. The zero-order valence-corrected chi connectivity index (χ0v) is 12.8. The molecule has 1 aromatic carbocycles. The summed E-state index contributed by atoms with van der Waals surface area (Å²) in [7, 11) is 2.85. The van der Waals surface area contributed by atoms with Crippen LogP contribution >= 0.6 is 0 Å². The number of nitro groups is 1. The molecule has 1 aliphatic rings. The third kappa shape index (κ3) is 3.47. The molecular formula is C15H20N2O5. The summed E-state index contributed by atoms with van der Waals surface area (Å²) in [5, 5.41) is 13.9. The molecule has 0 aromatic heterocycles. The highest BCUT2D eigenvalue weighted by atomic mass is 16.6. The minimum atomic E-state index is -0.543. The molecule has 1 N–H and O–H groups in total. The highest BCUT2D eigenvalue weighted by Crippen LogP contribution is 2.38. The van der Waals surface area contributed by atoms with Crippen LogP contribution in [0.1, 0.15) is 32.1 Å². The second kappa shape index (κ2) is 7.11. The smallest absolute Gasteiger partial charge is 0.296 e. The highest BCUT2D eigenvalue weighted by Gasteiger charge is 2.25. The topological polar surface area (TPSA) is 90.7 Å². The van der Waals surface area contributed by atoms with Crippen LogP contribution in [0.5, 0.6) is 11.5 Å². The van der Waals surface area contributed by atoms with Crippen LogP contribution < -0.4 is 14.8 Å². The van der Waals surface area contributed by atoms with Crippen LogP contribution in [0.15, 0.2) is 12.1 Å². The summed E-state index contributed by atoms with van der Waals surface area (Å²) in [4.78, 5) is 23.0. The Kier molecular flexibility index (Phi) is 5.19. The summed E-state index contributed by atoms with van der Waals surface area (Å²) < 4.78 is 10.2. The number of ether oxygens (including phenoxy) is 2. The summed E-state index contributed by atoms with van der Waals surface area (Å²) >= 11 is 0. The van der Waals surface area contributed by atoms with E-state index in [2.05, 4.69) is 5.32 Å². The maximum atomic E-state index is 12.3. The maximum absolute atomic E-state index is 12.3. The number of hydrogen-bond donors (Lipinski definition) is 1. The molecule has 0 radical (unpaired) electrons. The normalized spacial score (nSPS) is 15.2. The van der Waals surface area contributed by atoms with Crippen molar-refractivity contribution >= 4 is 17.3 Å². The van der Waals surface area contributed by atoms with E-state index in [1.54, 1.807) is 0 Å². The number of nitro benzene ring substituents is 1. The number of hydrogen-bond acceptors (Lipinski definition) is 5. The van der Waals surface area contributed by atoms with Crippen LogP contribution in [0.4, 0.5) is 11.4 Å². The van der Waals surface area contributed by atoms with Gasteiger partial charge in [-0.25, -0.2) is 0 Å². The van der Waals surface area contributed by atoms with Gasteiger partial charge in [0.2, 0.25) is 5.91 Å². The number of benzene rings is 1. The predicted molar refractivity (Wildman–Crippen MR) is 81.4 cm³/mol. The lowest BCUT2D eigenvalue weighted by Gasteiger charge is -2.21. The van der Waals surface area contributed by atoms with Crippen LogP contribution in [0.3, 0.4) is 0 Å². The van der Waals surface area contributed by atoms with Crippen LogP contribution in [0.2, 0.25) is 0 Å². The van der Waals surface area contributed by atoms with E-state index in [9.17, 15) is 14.9 Å². The lowest BCUT2D eigenvalue weighted by Crippen LogP contribution is -2.25. The van der Waals surface area contributed by atoms with Crippen LogP contribution in [-0.2, 0) is 4.79 Å². The van der Waals surface area contributed by atoms with Crippen molar-refractivity contribution in [3.8, 4) is 11.5 Å². The van der Waals surface area contributed by atoms with E-state index in [1.807, 2.05) is 0 Å². The molecule has 0 unspecified atom stereocenters. The highest BCUT2D eigenvalue weighted by molar-refractivity contribution is 5.95. The average Bonchev–Trinajstić information content (AvgIpc) is 2.54. The Balaban J connectivity index is 2.27. The fourth-order valence-corrected chi connectivity index (χ4v) is 2.72. The summed E-state index contributed by atoms with van der Waals surface area (Å²) in [6.45, 7) is 0. The number of amides is 1. The lowest BCUT2D eigenvalue weighted by molar-refractivity contribution is -0.384. The number of rotatable bonds is 5. The van der Waals surface area contributed by atoms with Crippen molar-refractivity contribution in [2.45, 2.75) is 32.1 Å². The zero-order chi connectivity index (χ0) is 16.1. The van der Waals surface area contributed by atoms with Gasteiger partial charge in [-0.3, -0.25) is 14.9 Å². The van der Waals surface area contributed by atoms with Gasteiger partial charge in [0.25, 0.3) is 5.69 Å². The molecule has 1 aromatic rings. The van der Waals surface area contributed by atoms with E-state index in [4.69, 9.17) is 9.47 Å². The van der Waals surface area contributed by atoms with Gasteiger partial charge in [-0.05, 0) is 12.8 Å². The number of anilines is 1. The second-order valence-corrected chi connectivity index (χ2v) is 5.31. The molecular weight excluding hydrogens is 288 g/mol. The average molecular weight is 308 g/mol. The molecule has 0 spiro atoms. The Morgan fingerprint density at radius 3 is 2.32 bits per heavy atom.